The molecule has 7 heteroatoms. The van der Waals surface area contributed by atoms with Crippen molar-refractivity contribution >= 4 is 33.9 Å². The van der Waals surface area contributed by atoms with Crippen LogP contribution in [0.1, 0.15) is 27.4 Å². The summed E-state index contributed by atoms with van der Waals surface area (Å²) in [5.74, 6) is -0.0216. The topological polar surface area (TPSA) is 75.0 Å². The summed E-state index contributed by atoms with van der Waals surface area (Å²) in [4.78, 5) is 23.3. The summed E-state index contributed by atoms with van der Waals surface area (Å²) >= 11 is 3.36. The summed E-state index contributed by atoms with van der Waals surface area (Å²) in [6.45, 7) is 1.62. The quantitative estimate of drug-likeness (QED) is 0.532. The van der Waals surface area contributed by atoms with Crippen LogP contribution in [0.3, 0.4) is 0 Å². The number of hydrogen-bond donors (Lipinski definition) is 0. The van der Waals surface area contributed by atoms with Crippen molar-refractivity contribution in [3.05, 3.63) is 57.5 Å². The lowest BCUT2D eigenvalue weighted by Gasteiger charge is -2.05. The van der Waals surface area contributed by atoms with Crippen LogP contribution in [0.5, 0.6) is 5.75 Å². The van der Waals surface area contributed by atoms with Gasteiger partial charge in [-0.3, -0.25) is 0 Å². The Kier molecular flexibility index (Phi) is 6.41. The zero-order valence-corrected chi connectivity index (χ0v) is 15.6. The van der Waals surface area contributed by atoms with Gasteiger partial charge >= 0.3 is 11.9 Å². The number of hydrogen-bond acceptors (Lipinski definition) is 6. The molecule has 6 nitrogen and oxygen atoms in total. The maximum absolute atomic E-state index is 11.9. The summed E-state index contributed by atoms with van der Waals surface area (Å²) in [7, 11) is 2.82. The third-order valence-corrected chi connectivity index (χ3v) is 3.78. The predicted molar refractivity (Wildman–Crippen MR) is 94.3 cm³/mol. The van der Waals surface area contributed by atoms with E-state index in [9.17, 15) is 9.59 Å². The van der Waals surface area contributed by atoms with Crippen LogP contribution in [0.2, 0.25) is 0 Å². The molecule has 0 radical (unpaired) electrons. The van der Waals surface area contributed by atoms with Gasteiger partial charge in [-0.05, 0) is 37.3 Å². The third-order valence-electron chi connectivity index (χ3n) is 3.29. The molecule has 0 bridgehead atoms. The van der Waals surface area contributed by atoms with Gasteiger partial charge in [-0.2, -0.15) is 0 Å². The summed E-state index contributed by atoms with van der Waals surface area (Å²) in [6, 6.07) is 7.07. The van der Waals surface area contributed by atoms with Gasteiger partial charge in [0, 0.05) is 21.7 Å². The van der Waals surface area contributed by atoms with Crippen LogP contribution in [0.4, 0.5) is 0 Å². The lowest BCUT2D eigenvalue weighted by molar-refractivity contribution is -0.139. The minimum absolute atomic E-state index is 0.0867. The first-order valence-corrected chi connectivity index (χ1v) is 8.10. The Balaban J connectivity index is 1.99. The molecular formula is C18H17BrO6. The van der Waals surface area contributed by atoms with Crippen molar-refractivity contribution in [2.45, 2.75) is 13.5 Å². The maximum atomic E-state index is 11.9. The highest BCUT2D eigenvalue weighted by Gasteiger charge is 2.16. The van der Waals surface area contributed by atoms with Crippen molar-refractivity contribution in [2.75, 3.05) is 14.2 Å². The van der Waals surface area contributed by atoms with E-state index in [1.165, 1.54) is 13.2 Å². The first kappa shape index (κ1) is 18.8. The number of carbonyl (C=O) groups is 2. The lowest BCUT2D eigenvalue weighted by atomic mass is 10.2. The Bertz CT molecular complexity index is 806. The van der Waals surface area contributed by atoms with Gasteiger partial charge in [0.25, 0.3) is 0 Å². The molecule has 0 aliphatic rings. The molecule has 0 fully saturated rings. The summed E-state index contributed by atoms with van der Waals surface area (Å²) < 4.78 is 21.1. The van der Waals surface area contributed by atoms with E-state index in [-0.39, 0.29) is 12.4 Å². The van der Waals surface area contributed by atoms with E-state index >= 15 is 0 Å². The van der Waals surface area contributed by atoms with Crippen LogP contribution in [-0.4, -0.2) is 26.2 Å². The Morgan fingerprint density at radius 2 is 2.00 bits per heavy atom. The molecule has 132 valence electrons. The highest BCUT2D eigenvalue weighted by Crippen LogP contribution is 2.24. The fourth-order valence-corrected chi connectivity index (χ4v) is 2.48. The SMILES string of the molecule is COC(=O)c1oc(COC(=O)/C=C/c2cc(Br)ccc2OC)cc1C. The van der Waals surface area contributed by atoms with E-state index in [1.54, 1.807) is 32.2 Å². The average molecular weight is 409 g/mol. The van der Waals surface area contributed by atoms with Gasteiger partial charge in [0.1, 0.15) is 18.1 Å². The van der Waals surface area contributed by atoms with E-state index in [0.717, 1.165) is 10.0 Å². The van der Waals surface area contributed by atoms with Gasteiger partial charge in [0.05, 0.1) is 14.2 Å². The third kappa shape index (κ3) is 4.96. The minimum Gasteiger partial charge on any atom is -0.496 e. The standard InChI is InChI=1S/C18H17BrO6/c1-11-8-14(25-17(11)18(21)23-3)10-24-16(20)7-4-12-9-13(19)5-6-15(12)22-2/h4-9H,10H2,1-3H3/b7-4+. The van der Waals surface area contributed by atoms with Crippen molar-refractivity contribution in [1.82, 2.24) is 0 Å². The number of aryl methyl sites for hydroxylation is 1. The molecule has 0 saturated carbocycles. The van der Waals surface area contributed by atoms with Crippen molar-refractivity contribution in [1.29, 1.82) is 0 Å². The fraction of sp³-hybridized carbons (Fsp3) is 0.222. The zero-order chi connectivity index (χ0) is 18.4. The monoisotopic (exact) mass is 408 g/mol. The molecule has 0 aliphatic carbocycles. The van der Waals surface area contributed by atoms with Gasteiger partial charge in [-0.25, -0.2) is 9.59 Å². The van der Waals surface area contributed by atoms with Gasteiger partial charge in [0.15, 0.2) is 0 Å². The van der Waals surface area contributed by atoms with Crippen molar-refractivity contribution in [3.8, 4) is 5.75 Å². The van der Waals surface area contributed by atoms with Crippen molar-refractivity contribution in [2.24, 2.45) is 0 Å². The number of esters is 2. The lowest BCUT2D eigenvalue weighted by Crippen LogP contribution is -2.01. The fourth-order valence-electron chi connectivity index (χ4n) is 2.10. The van der Waals surface area contributed by atoms with E-state index in [2.05, 4.69) is 20.7 Å². The molecule has 0 aliphatic heterocycles. The highest BCUT2D eigenvalue weighted by molar-refractivity contribution is 9.10. The van der Waals surface area contributed by atoms with Crippen LogP contribution >= 0.6 is 15.9 Å². The second-order valence-electron chi connectivity index (χ2n) is 5.04. The molecule has 1 heterocycles. The first-order valence-electron chi connectivity index (χ1n) is 7.30. The zero-order valence-electron chi connectivity index (χ0n) is 14.0. The van der Waals surface area contributed by atoms with E-state index < -0.39 is 11.9 Å². The molecule has 2 aromatic rings. The smallest absolute Gasteiger partial charge is 0.374 e. The van der Waals surface area contributed by atoms with Gasteiger partial charge in [0.2, 0.25) is 5.76 Å². The normalized spacial score (nSPS) is 10.7. The summed E-state index contributed by atoms with van der Waals surface area (Å²) in [5, 5.41) is 0. The Morgan fingerprint density at radius 1 is 1.24 bits per heavy atom. The number of methoxy groups -OCH3 is 2. The first-order chi connectivity index (χ1) is 11.9. The molecule has 2 rings (SSSR count). The Labute approximate surface area is 153 Å². The van der Waals surface area contributed by atoms with Gasteiger partial charge in [-0.15, -0.1) is 0 Å². The maximum Gasteiger partial charge on any atom is 0.374 e. The summed E-state index contributed by atoms with van der Waals surface area (Å²) in [6.07, 6.45) is 2.89. The number of furan rings is 1. The second-order valence-corrected chi connectivity index (χ2v) is 5.96. The number of rotatable bonds is 6. The van der Waals surface area contributed by atoms with Gasteiger partial charge in [-0.1, -0.05) is 15.9 Å². The molecule has 1 aromatic carbocycles. The molecule has 0 saturated heterocycles. The van der Waals surface area contributed by atoms with Gasteiger partial charge < -0.3 is 18.6 Å². The average Bonchev–Trinajstić information content (AvgIpc) is 2.98. The molecule has 0 N–H and O–H groups in total. The van der Waals surface area contributed by atoms with Crippen LogP contribution in [0.15, 0.2) is 39.2 Å². The number of ether oxygens (including phenoxy) is 3. The molecule has 0 amide bonds. The van der Waals surface area contributed by atoms with Crippen LogP contribution in [-0.2, 0) is 20.9 Å². The molecule has 0 unspecified atom stereocenters. The van der Waals surface area contributed by atoms with E-state index in [4.69, 9.17) is 13.9 Å². The van der Waals surface area contributed by atoms with Crippen LogP contribution in [0.25, 0.3) is 6.08 Å². The molecule has 0 spiro atoms. The molecule has 0 atom stereocenters. The Hall–Kier alpha value is -2.54. The number of benzene rings is 1. The second kappa shape index (κ2) is 8.53. The minimum atomic E-state index is -0.572. The molecule has 25 heavy (non-hydrogen) atoms. The van der Waals surface area contributed by atoms with E-state index in [1.807, 2.05) is 12.1 Å². The molecule has 1 aromatic heterocycles. The number of halogens is 1. The highest BCUT2D eigenvalue weighted by atomic mass is 79.9. The van der Waals surface area contributed by atoms with Crippen LogP contribution < -0.4 is 4.74 Å². The predicted octanol–water partition coefficient (Wildman–Crippen LogP) is 3.90. The van der Waals surface area contributed by atoms with Crippen LogP contribution in [0, 0.1) is 6.92 Å². The number of carbonyl (C=O) groups excluding carboxylic acids is 2. The molecular weight excluding hydrogens is 392 g/mol. The van der Waals surface area contributed by atoms with E-state index in [0.29, 0.717) is 17.1 Å². The van der Waals surface area contributed by atoms with Crippen molar-refractivity contribution in [3.63, 3.8) is 0 Å². The largest absolute Gasteiger partial charge is 0.496 e. The van der Waals surface area contributed by atoms with Crippen molar-refractivity contribution < 1.29 is 28.2 Å². The summed E-state index contributed by atoms with van der Waals surface area (Å²) in [5.41, 5.74) is 1.35. The Morgan fingerprint density at radius 3 is 2.68 bits per heavy atom.